The molecule has 0 aromatic carbocycles. The summed E-state index contributed by atoms with van der Waals surface area (Å²) >= 11 is 0. The molecule has 1 unspecified atom stereocenters. The molecule has 6 heteroatoms. The number of unbranched alkanes of at least 4 members (excludes halogenated alkanes) is 47. The summed E-state index contributed by atoms with van der Waals surface area (Å²) in [4.78, 5) is 38.5. The summed E-state index contributed by atoms with van der Waals surface area (Å²) < 4.78 is 17.0. The topological polar surface area (TPSA) is 78.9 Å². The molecule has 0 heterocycles. The molecule has 1 atom stereocenters. The lowest BCUT2D eigenvalue weighted by molar-refractivity contribution is -0.167. The lowest BCUT2D eigenvalue weighted by atomic mass is 10.0. The second-order valence-corrected chi connectivity index (χ2v) is 24.8. The van der Waals surface area contributed by atoms with Crippen LogP contribution in [0.25, 0.3) is 0 Å². The first-order valence-corrected chi connectivity index (χ1v) is 36.8. The van der Waals surface area contributed by atoms with E-state index in [1.165, 1.54) is 270 Å². The van der Waals surface area contributed by atoms with Gasteiger partial charge in [0.1, 0.15) is 13.2 Å². The van der Waals surface area contributed by atoms with Crippen molar-refractivity contribution in [2.24, 2.45) is 0 Å². The highest BCUT2D eigenvalue weighted by Gasteiger charge is 2.19. The van der Waals surface area contributed by atoms with Crippen LogP contribution in [-0.2, 0) is 28.6 Å². The third-order valence-electron chi connectivity index (χ3n) is 16.5. The summed E-state index contributed by atoms with van der Waals surface area (Å²) in [5.74, 6) is -0.866. The van der Waals surface area contributed by atoms with Crippen molar-refractivity contribution in [1.29, 1.82) is 0 Å². The molecule has 0 saturated heterocycles. The predicted molar refractivity (Wildman–Crippen MR) is 362 cm³/mol. The summed E-state index contributed by atoms with van der Waals surface area (Å²) in [6, 6.07) is 0. The van der Waals surface area contributed by atoms with Crippen LogP contribution < -0.4 is 0 Å². The predicted octanol–water partition coefficient (Wildman–Crippen LogP) is 25.5. The molecule has 0 saturated carbocycles. The Morgan fingerprint density at radius 3 is 0.699 bits per heavy atom. The van der Waals surface area contributed by atoms with Gasteiger partial charge < -0.3 is 14.2 Å². The Balaban J connectivity index is 4.28. The van der Waals surface area contributed by atoms with Gasteiger partial charge in [-0.3, -0.25) is 14.4 Å². The van der Waals surface area contributed by atoms with E-state index in [2.05, 4.69) is 81.5 Å². The van der Waals surface area contributed by atoms with Crippen molar-refractivity contribution in [3.63, 3.8) is 0 Å². The van der Waals surface area contributed by atoms with Crippen LogP contribution in [0.3, 0.4) is 0 Å². The molecule has 0 bridgehead atoms. The smallest absolute Gasteiger partial charge is 0.306 e. The molecule has 0 fully saturated rings. The molecule has 0 aliphatic heterocycles. The Morgan fingerprint density at radius 2 is 0.434 bits per heavy atom. The molecule has 0 aliphatic carbocycles. The highest BCUT2D eigenvalue weighted by atomic mass is 16.6. The Hall–Kier alpha value is -2.89. The third kappa shape index (κ3) is 69.8. The van der Waals surface area contributed by atoms with Gasteiger partial charge in [0.05, 0.1) is 0 Å². The van der Waals surface area contributed by atoms with Crippen molar-refractivity contribution < 1.29 is 28.6 Å². The zero-order valence-electron chi connectivity index (χ0n) is 55.7. The number of hydrogen-bond donors (Lipinski definition) is 0. The van der Waals surface area contributed by atoms with Gasteiger partial charge in [-0.05, 0) is 109 Å². The minimum atomic E-state index is -0.782. The maximum absolute atomic E-state index is 13.0. The van der Waals surface area contributed by atoms with Crippen LogP contribution in [0.15, 0.2) is 60.8 Å². The Labute approximate surface area is 517 Å². The minimum Gasteiger partial charge on any atom is -0.462 e. The van der Waals surface area contributed by atoms with Gasteiger partial charge in [-0.2, -0.15) is 0 Å². The van der Waals surface area contributed by atoms with Gasteiger partial charge in [0.25, 0.3) is 0 Å². The highest BCUT2D eigenvalue weighted by Crippen LogP contribution is 2.18. The van der Waals surface area contributed by atoms with Crippen LogP contribution in [0.5, 0.6) is 0 Å². The molecular formula is C77H140O6. The van der Waals surface area contributed by atoms with Gasteiger partial charge in [0.15, 0.2) is 6.10 Å². The zero-order chi connectivity index (χ0) is 59.9. The summed E-state index contributed by atoms with van der Waals surface area (Å²) in [6.07, 6.45) is 92.5. The molecule has 0 aliphatic rings. The van der Waals surface area contributed by atoms with Gasteiger partial charge >= 0.3 is 17.9 Å². The molecule has 0 radical (unpaired) electrons. The van der Waals surface area contributed by atoms with E-state index in [4.69, 9.17) is 14.2 Å². The highest BCUT2D eigenvalue weighted by molar-refractivity contribution is 5.71. The fourth-order valence-electron chi connectivity index (χ4n) is 10.9. The molecule has 0 amide bonds. The molecule has 0 aromatic heterocycles. The van der Waals surface area contributed by atoms with Crippen molar-refractivity contribution in [1.82, 2.24) is 0 Å². The zero-order valence-corrected chi connectivity index (χ0v) is 55.7. The van der Waals surface area contributed by atoms with Crippen LogP contribution in [-0.4, -0.2) is 37.2 Å². The van der Waals surface area contributed by atoms with Crippen LogP contribution in [0.1, 0.15) is 393 Å². The van der Waals surface area contributed by atoms with E-state index in [0.717, 1.165) is 83.5 Å². The van der Waals surface area contributed by atoms with E-state index < -0.39 is 6.10 Å². The fourth-order valence-corrected chi connectivity index (χ4v) is 10.9. The summed E-state index contributed by atoms with van der Waals surface area (Å²) in [6.45, 7) is 6.66. The molecule has 0 N–H and O–H groups in total. The molecule has 484 valence electrons. The molecule has 0 aromatic rings. The lowest BCUT2D eigenvalue weighted by Gasteiger charge is -2.18. The van der Waals surface area contributed by atoms with Crippen molar-refractivity contribution in [3.05, 3.63) is 60.8 Å². The molecule has 0 rings (SSSR count). The van der Waals surface area contributed by atoms with Crippen LogP contribution in [0.2, 0.25) is 0 Å². The molecule has 0 spiro atoms. The van der Waals surface area contributed by atoms with Gasteiger partial charge in [0, 0.05) is 19.3 Å². The van der Waals surface area contributed by atoms with Crippen molar-refractivity contribution >= 4 is 17.9 Å². The SMILES string of the molecule is CCCCC/C=C\C/C=C\CCCCCCCC(=O)OCC(COC(=O)CCCCCCCCCCCCCCC/C=C\C/C=C\CCCCCCC)OC(=O)CCCCCCCCCCCCCCC/C=C\CCCCCCCCCC. The number of carbonyl (C=O) groups is 3. The third-order valence-corrected chi connectivity index (χ3v) is 16.5. The van der Waals surface area contributed by atoms with Crippen LogP contribution in [0, 0.1) is 0 Å². The summed E-state index contributed by atoms with van der Waals surface area (Å²) in [5, 5.41) is 0. The first-order valence-electron chi connectivity index (χ1n) is 36.8. The monoisotopic (exact) mass is 1160 g/mol. The maximum atomic E-state index is 13.0. The standard InChI is InChI=1S/C77H140O6/c1-4-7-10-13-16-19-22-25-28-30-32-34-36-38-40-42-44-46-49-52-55-58-61-64-67-70-76(79)82-73-74(72-81-75(78)69-66-63-60-57-54-51-48-27-24-21-18-15-12-9-6-3)83-77(80)71-68-65-62-59-56-53-50-47-45-43-41-39-37-35-33-31-29-26-23-20-17-14-11-8-5-2/h18,21-22,25,27,30-33,48,74H,4-17,19-20,23-24,26,28-29,34-47,49-73H2,1-3H3/b21-18-,25-22-,32-30-,33-31-,48-27-. The van der Waals surface area contributed by atoms with Gasteiger partial charge in [-0.25, -0.2) is 0 Å². The van der Waals surface area contributed by atoms with Crippen LogP contribution >= 0.6 is 0 Å². The van der Waals surface area contributed by atoms with Crippen LogP contribution in [0.4, 0.5) is 0 Å². The lowest BCUT2D eigenvalue weighted by Crippen LogP contribution is -2.30. The average Bonchev–Trinajstić information content (AvgIpc) is 3.49. The van der Waals surface area contributed by atoms with E-state index in [1.807, 2.05) is 0 Å². The van der Waals surface area contributed by atoms with Crippen molar-refractivity contribution in [2.75, 3.05) is 13.2 Å². The van der Waals surface area contributed by atoms with Gasteiger partial charge in [-0.15, -0.1) is 0 Å². The number of ether oxygens (including phenoxy) is 3. The van der Waals surface area contributed by atoms with Crippen molar-refractivity contribution in [2.45, 2.75) is 399 Å². The first kappa shape index (κ1) is 80.1. The normalized spacial score (nSPS) is 12.4. The molecule has 83 heavy (non-hydrogen) atoms. The number of allylic oxidation sites excluding steroid dienone is 10. The Kier molecular flexibility index (Phi) is 69.1. The molecular weight excluding hydrogens is 1020 g/mol. The van der Waals surface area contributed by atoms with E-state index >= 15 is 0 Å². The Morgan fingerprint density at radius 1 is 0.241 bits per heavy atom. The van der Waals surface area contributed by atoms with Crippen molar-refractivity contribution in [3.8, 4) is 0 Å². The first-order chi connectivity index (χ1) is 41.0. The second-order valence-electron chi connectivity index (χ2n) is 24.8. The number of hydrogen-bond acceptors (Lipinski definition) is 6. The fraction of sp³-hybridized carbons (Fsp3) is 0.831. The maximum Gasteiger partial charge on any atom is 0.306 e. The van der Waals surface area contributed by atoms with Gasteiger partial charge in [0.2, 0.25) is 0 Å². The molecule has 6 nitrogen and oxygen atoms in total. The number of esters is 3. The van der Waals surface area contributed by atoms with E-state index in [0.29, 0.717) is 19.3 Å². The number of carbonyl (C=O) groups excluding carboxylic acids is 3. The number of rotatable bonds is 68. The summed E-state index contributed by atoms with van der Waals surface area (Å²) in [5.41, 5.74) is 0. The van der Waals surface area contributed by atoms with Gasteiger partial charge in [-0.1, -0.05) is 326 Å². The summed E-state index contributed by atoms with van der Waals surface area (Å²) in [7, 11) is 0. The quantitative estimate of drug-likeness (QED) is 0.0261. The Bertz CT molecular complexity index is 1470. The second kappa shape index (κ2) is 71.6. The largest absolute Gasteiger partial charge is 0.462 e. The van der Waals surface area contributed by atoms with E-state index in [9.17, 15) is 14.4 Å². The van der Waals surface area contributed by atoms with E-state index in [1.54, 1.807) is 0 Å². The minimum absolute atomic E-state index is 0.0760. The van der Waals surface area contributed by atoms with E-state index in [-0.39, 0.29) is 31.1 Å². The average molecular weight is 1160 g/mol.